The number of rotatable bonds is 6. The van der Waals surface area contributed by atoms with Crippen LogP contribution in [0.4, 0.5) is 5.13 Å². The quantitative estimate of drug-likeness (QED) is 0.757. The second-order valence-corrected chi connectivity index (χ2v) is 8.13. The zero-order valence-electron chi connectivity index (χ0n) is 13.1. The van der Waals surface area contributed by atoms with Crippen molar-refractivity contribution in [1.82, 2.24) is 4.98 Å². The Labute approximate surface area is 130 Å². The summed E-state index contributed by atoms with van der Waals surface area (Å²) in [5, 5.41) is 0.945. The van der Waals surface area contributed by atoms with Crippen LogP contribution in [0.3, 0.4) is 0 Å². The lowest BCUT2D eigenvalue weighted by molar-refractivity contribution is 0.0916. The molecule has 4 nitrogen and oxygen atoms in total. The fraction of sp³-hybridized carbons (Fsp3) is 0.750. The second kappa shape index (κ2) is 5.69. The van der Waals surface area contributed by atoms with Gasteiger partial charge in [0.2, 0.25) is 0 Å². The highest BCUT2D eigenvalue weighted by atomic mass is 32.1. The lowest BCUT2D eigenvalue weighted by Gasteiger charge is -2.26. The molecule has 1 aromatic heterocycles. The van der Waals surface area contributed by atoms with Crippen molar-refractivity contribution < 1.29 is 9.53 Å². The first kappa shape index (κ1) is 15.0. The number of carbonyl (C=O) groups excluding carboxylic acids is 1. The van der Waals surface area contributed by atoms with Crippen LogP contribution in [-0.2, 0) is 11.2 Å². The fourth-order valence-electron chi connectivity index (χ4n) is 2.70. The van der Waals surface area contributed by atoms with E-state index in [2.05, 4.69) is 18.7 Å². The zero-order chi connectivity index (χ0) is 15.0. The van der Waals surface area contributed by atoms with Crippen molar-refractivity contribution >= 4 is 22.3 Å². The fourth-order valence-corrected chi connectivity index (χ4v) is 3.71. The van der Waals surface area contributed by atoms with Gasteiger partial charge in [0.15, 0.2) is 10.9 Å². The minimum atomic E-state index is 0.0430. The summed E-state index contributed by atoms with van der Waals surface area (Å²) in [4.78, 5) is 19.9. The molecule has 0 saturated heterocycles. The molecule has 2 aliphatic carbocycles. The molecule has 0 spiro atoms. The van der Waals surface area contributed by atoms with Gasteiger partial charge in [0.25, 0.3) is 0 Å². The van der Waals surface area contributed by atoms with Gasteiger partial charge >= 0.3 is 0 Å². The molecule has 3 rings (SSSR count). The van der Waals surface area contributed by atoms with Crippen LogP contribution in [-0.4, -0.2) is 37.6 Å². The van der Waals surface area contributed by atoms with E-state index in [0.29, 0.717) is 6.42 Å². The highest BCUT2D eigenvalue weighted by molar-refractivity contribution is 7.17. The Morgan fingerprint density at radius 3 is 2.86 bits per heavy atom. The van der Waals surface area contributed by atoms with E-state index in [9.17, 15) is 4.79 Å². The smallest absolute Gasteiger partial charge is 0.186 e. The first-order valence-electron chi connectivity index (χ1n) is 7.76. The Morgan fingerprint density at radius 2 is 2.14 bits per heavy atom. The summed E-state index contributed by atoms with van der Waals surface area (Å²) in [6.07, 6.45) is 4.19. The molecule has 0 N–H and O–H groups in total. The van der Waals surface area contributed by atoms with E-state index in [-0.39, 0.29) is 11.2 Å². The number of thiazole rings is 1. The summed E-state index contributed by atoms with van der Waals surface area (Å²) in [7, 11) is 2.03. The van der Waals surface area contributed by atoms with Crippen molar-refractivity contribution in [2.75, 3.05) is 31.7 Å². The van der Waals surface area contributed by atoms with Crippen LogP contribution in [0, 0.1) is 11.3 Å². The van der Waals surface area contributed by atoms with Gasteiger partial charge in [-0.15, -0.1) is 0 Å². The van der Waals surface area contributed by atoms with Crippen LogP contribution in [0.2, 0.25) is 0 Å². The third-order valence-electron chi connectivity index (χ3n) is 4.17. The third-order valence-corrected chi connectivity index (χ3v) is 5.43. The van der Waals surface area contributed by atoms with Crippen LogP contribution in [0.5, 0.6) is 0 Å². The van der Waals surface area contributed by atoms with Gasteiger partial charge in [0, 0.05) is 26.6 Å². The van der Waals surface area contributed by atoms with Crippen LogP contribution in [0.15, 0.2) is 0 Å². The van der Waals surface area contributed by atoms with E-state index in [4.69, 9.17) is 9.72 Å². The molecule has 21 heavy (non-hydrogen) atoms. The van der Waals surface area contributed by atoms with Gasteiger partial charge in [0.05, 0.1) is 17.2 Å². The summed E-state index contributed by atoms with van der Waals surface area (Å²) < 4.78 is 5.67. The van der Waals surface area contributed by atoms with E-state index in [1.807, 2.05) is 7.05 Å². The van der Waals surface area contributed by atoms with Crippen LogP contribution < -0.4 is 4.90 Å². The lowest BCUT2D eigenvalue weighted by Crippen LogP contribution is -2.26. The molecule has 0 atom stereocenters. The van der Waals surface area contributed by atoms with Gasteiger partial charge < -0.3 is 9.64 Å². The number of nitrogens with zero attached hydrogens (tertiary/aromatic N) is 2. The van der Waals surface area contributed by atoms with Gasteiger partial charge in [-0.25, -0.2) is 4.98 Å². The SMILES string of the molecule is CN(CCOCC1CC1)c1nc2c(s1)C(=O)CC(C)(C)C2. The number of likely N-dealkylation sites (N-methyl/N-ethyl adjacent to an activating group) is 1. The van der Waals surface area contributed by atoms with Crippen molar-refractivity contribution in [3.8, 4) is 0 Å². The third kappa shape index (κ3) is 3.64. The molecule has 0 amide bonds. The predicted octanol–water partition coefficient (Wildman–Crippen LogP) is 3.16. The number of aromatic nitrogens is 1. The molecule has 116 valence electrons. The lowest BCUT2D eigenvalue weighted by atomic mass is 9.78. The maximum Gasteiger partial charge on any atom is 0.186 e. The van der Waals surface area contributed by atoms with Gasteiger partial charge in [-0.3, -0.25) is 4.79 Å². The summed E-state index contributed by atoms with van der Waals surface area (Å²) in [5.41, 5.74) is 1.03. The summed E-state index contributed by atoms with van der Waals surface area (Å²) >= 11 is 1.54. The number of carbonyl (C=O) groups is 1. The van der Waals surface area contributed by atoms with Crippen molar-refractivity contribution in [3.05, 3.63) is 10.6 Å². The standard InChI is InChI=1S/C16H24N2O2S/c1-16(2)8-12-14(13(19)9-16)21-15(17-12)18(3)6-7-20-10-11-4-5-11/h11H,4-10H2,1-3H3. The molecule has 5 heteroatoms. The Bertz CT molecular complexity index is 534. The summed E-state index contributed by atoms with van der Waals surface area (Å²) in [6, 6.07) is 0. The molecule has 0 aliphatic heterocycles. The summed E-state index contributed by atoms with van der Waals surface area (Å²) in [6.45, 7) is 6.74. The Morgan fingerprint density at radius 1 is 1.38 bits per heavy atom. The molecule has 0 radical (unpaired) electrons. The number of ketones is 1. The van der Waals surface area contributed by atoms with Crippen LogP contribution in [0.1, 0.15) is 48.5 Å². The van der Waals surface area contributed by atoms with E-state index >= 15 is 0 Å². The maximum absolute atomic E-state index is 12.2. The first-order chi connectivity index (χ1) is 9.94. The number of fused-ring (bicyclic) bond motifs is 1. The molecular weight excluding hydrogens is 284 g/mol. The van der Waals surface area contributed by atoms with E-state index < -0.39 is 0 Å². The van der Waals surface area contributed by atoms with Gasteiger partial charge in [-0.05, 0) is 30.6 Å². The average Bonchev–Trinajstić information content (AvgIpc) is 3.11. The minimum Gasteiger partial charge on any atom is -0.379 e. The second-order valence-electron chi connectivity index (χ2n) is 7.15. The molecule has 1 heterocycles. The highest BCUT2D eigenvalue weighted by Gasteiger charge is 2.34. The largest absolute Gasteiger partial charge is 0.379 e. The van der Waals surface area contributed by atoms with Crippen molar-refractivity contribution in [3.63, 3.8) is 0 Å². The highest BCUT2D eigenvalue weighted by Crippen LogP contribution is 2.39. The maximum atomic E-state index is 12.2. The van der Waals surface area contributed by atoms with E-state index in [1.165, 1.54) is 24.2 Å². The van der Waals surface area contributed by atoms with Crippen molar-refractivity contribution in [1.29, 1.82) is 0 Å². The Kier molecular flexibility index (Phi) is 4.06. The number of hydrogen-bond donors (Lipinski definition) is 0. The molecule has 1 aromatic rings. The number of anilines is 1. The monoisotopic (exact) mass is 308 g/mol. The number of ether oxygens (including phenoxy) is 1. The molecule has 0 unspecified atom stereocenters. The molecular formula is C16H24N2O2S. The van der Waals surface area contributed by atoms with Gasteiger partial charge in [0.1, 0.15) is 0 Å². The number of hydrogen-bond acceptors (Lipinski definition) is 5. The van der Waals surface area contributed by atoms with Crippen molar-refractivity contribution in [2.45, 2.75) is 39.5 Å². The van der Waals surface area contributed by atoms with Crippen molar-refractivity contribution in [2.24, 2.45) is 11.3 Å². The average molecular weight is 308 g/mol. The van der Waals surface area contributed by atoms with Crippen LogP contribution >= 0.6 is 11.3 Å². The van der Waals surface area contributed by atoms with Crippen LogP contribution in [0.25, 0.3) is 0 Å². The first-order valence-corrected chi connectivity index (χ1v) is 8.58. The van der Waals surface area contributed by atoms with Gasteiger partial charge in [-0.2, -0.15) is 0 Å². The molecule has 1 saturated carbocycles. The molecule has 0 bridgehead atoms. The Balaban J connectivity index is 1.59. The van der Waals surface area contributed by atoms with E-state index in [0.717, 1.165) is 47.8 Å². The van der Waals surface area contributed by atoms with Gasteiger partial charge in [-0.1, -0.05) is 25.2 Å². The molecule has 1 fully saturated rings. The summed E-state index contributed by atoms with van der Waals surface area (Å²) in [5.74, 6) is 1.06. The molecule has 0 aromatic carbocycles. The minimum absolute atomic E-state index is 0.0430. The Hall–Kier alpha value is -0.940. The number of Topliss-reactive ketones (excluding diaryl/α,β-unsaturated/α-hetero) is 1. The topological polar surface area (TPSA) is 42.4 Å². The van der Waals surface area contributed by atoms with E-state index in [1.54, 1.807) is 0 Å². The zero-order valence-corrected chi connectivity index (χ0v) is 14.0. The normalized spacial score (nSPS) is 20.4. The predicted molar refractivity (Wildman–Crippen MR) is 85.4 cm³/mol. The molecule has 2 aliphatic rings.